The molecule has 102 valence electrons. The Labute approximate surface area is 111 Å². The van der Waals surface area contributed by atoms with Crippen LogP contribution in [-0.4, -0.2) is 20.0 Å². The number of fused-ring (bicyclic) bond motifs is 3. The molecular formula is C16H26O2. The van der Waals surface area contributed by atoms with E-state index in [2.05, 4.69) is 26.8 Å². The lowest BCUT2D eigenvalue weighted by atomic mass is 9.49. The van der Waals surface area contributed by atoms with Gasteiger partial charge in [-0.3, -0.25) is 0 Å². The van der Waals surface area contributed by atoms with Crippen LogP contribution in [0.4, 0.5) is 0 Å². The van der Waals surface area contributed by atoms with Crippen molar-refractivity contribution in [2.45, 2.75) is 52.7 Å². The smallest absolute Gasteiger partial charge is 0.164 e. The summed E-state index contributed by atoms with van der Waals surface area (Å²) in [6.45, 7) is 8.17. The summed E-state index contributed by atoms with van der Waals surface area (Å²) in [6, 6.07) is 0. The lowest BCUT2D eigenvalue weighted by molar-refractivity contribution is -0.156. The topological polar surface area (TPSA) is 18.5 Å². The van der Waals surface area contributed by atoms with Gasteiger partial charge in [0.2, 0.25) is 0 Å². The van der Waals surface area contributed by atoms with Crippen molar-refractivity contribution < 1.29 is 9.47 Å². The van der Waals surface area contributed by atoms with Crippen LogP contribution in [0.1, 0.15) is 46.5 Å². The Kier molecular flexibility index (Phi) is 2.87. The van der Waals surface area contributed by atoms with Crippen LogP contribution in [0, 0.1) is 22.7 Å². The van der Waals surface area contributed by atoms with Crippen molar-refractivity contribution in [3.63, 3.8) is 0 Å². The summed E-state index contributed by atoms with van der Waals surface area (Å²) >= 11 is 0. The fraction of sp³-hybridized carbons (Fsp3) is 0.875. The molecule has 0 radical (unpaired) electrons. The lowest BCUT2D eigenvalue weighted by Crippen LogP contribution is -2.50. The summed E-state index contributed by atoms with van der Waals surface area (Å²) in [4.78, 5) is 0. The molecule has 2 aliphatic carbocycles. The van der Waals surface area contributed by atoms with Crippen molar-refractivity contribution in [2.75, 3.05) is 13.7 Å². The predicted molar refractivity (Wildman–Crippen MR) is 72.2 cm³/mol. The van der Waals surface area contributed by atoms with E-state index in [9.17, 15) is 0 Å². The summed E-state index contributed by atoms with van der Waals surface area (Å²) in [6.07, 6.45) is 7.70. The van der Waals surface area contributed by atoms with E-state index in [1.165, 1.54) is 31.3 Å². The monoisotopic (exact) mass is 250 g/mol. The van der Waals surface area contributed by atoms with Gasteiger partial charge in [0.25, 0.3) is 0 Å². The predicted octanol–water partition coefficient (Wildman–Crippen LogP) is 3.77. The lowest BCUT2D eigenvalue weighted by Gasteiger charge is -2.56. The summed E-state index contributed by atoms with van der Waals surface area (Å²) < 4.78 is 11.4. The van der Waals surface area contributed by atoms with Crippen LogP contribution in [0.15, 0.2) is 11.6 Å². The summed E-state index contributed by atoms with van der Waals surface area (Å²) in [5.41, 5.74) is 2.32. The molecule has 1 aliphatic heterocycles. The maximum Gasteiger partial charge on any atom is 0.164 e. The highest BCUT2D eigenvalue weighted by molar-refractivity contribution is 5.23. The van der Waals surface area contributed by atoms with Gasteiger partial charge in [0.15, 0.2) is 6.29 Å². The average molecular weight is 250 g/mol. The van der Waals surface area contributed by atoms with E-state index < -0.39 is 0 Å². The van der Waals surface area contributed by atoms with Gasteiger partial charge in [-0.1, -0.05) is 33.3 Å². The van der Waals surface area contributed by atoms with Crippen LogP contribution in [0.2, 0.25) is 0 Å². The van der Waals surface area contributed by atoms with E-state index in [-0.39, 0.29) is 6.29 Å². The van der Waals surface area contributed by atoms with E-state index in [4.69, 9.17) is 9.47 Å². The van der Waals surface area contributed by atoms with Gasteiger partial charge in [0.1, 0.15) is 0 Å². The second kappa shape index (κ2) is 4.08. The molecule has 2 heteroatoms. The standard InChI is InChI=1S/C16H26O2/c1-15(2)8-5-9-16(3)12(15)7-6-11-10-18-14(17-4)13(11)16/h6,12-14H,5,7-10H2,1-4H3. The highest BCUT2D eigenvalue weighted by Gasteiger charge is 2.56. The van der Waals surface area contributed by atoms with Gasteiger partial charge in [-0.05, 0) is 41.6 Å². The maximum absolute atomic E-state index is 5.84. The average Bonchev–Trinajstić information content (AvgIpc) is 2.72. The van der Waals surface area contributed by atoms with Crippen molar-refractivity contribution in [3.05, 3.63) is 11.6 Å². The van der Waals surface area contributed by atoms with Gasteiger partial charge in [-0.25, -0.2) is 0 Å². The Hall–Kier alpha value is -0.340. The van der Waals surface area contributed by atoms with Gasteiger partial charge in [0, 0.05) is 13.0 Å². The van der Waals surface area contributed by atoms with Gasteiger partial charge in [-0.2, -0.15) is 0 Å². The first-order chi connectivity index (χ1) is 8.49. The first-order valence-electron chi connectivity index (χ1n) is 7.32. The van der Waals surface area contributed by atoms with Crippen molar-refractivity contribution in [2.24, 2.45) is 22.7 Å². The molecule has 0 aromatic heterocycles. The van der Waals surface area contributed by atoms with Crippen LogP contribution >= 0.6 is 0 Å². The molecule has 0 bridgehead atoms. The van der Waals surface area contributed by atoms with Gasteiger partial charge in [-0.15, -0.1) is 0 Å². The normalized spacial score (nSPS) is 46.2. The molecule has 1 heterocycles. The van der Waals surface area contributed by atoms with E-state index in [0.29, 0.717) is 16.7 Å². The molecule has 4 unspecified atom stereocenters. The van der Waals surface area contributed by atoms with Crippen molar-refractivity contribution in [1.29, 1.82) is 0 Å². The molecule has 0 N–H and O–H groups in total. The fourth-order valence-corrected chi connectivity index (χ4v) is 5.06. The van der Waals surface area contributed by atoms with E-state index >= 15 is 0 Å². The number of allylic oxidation sites excluding steroid dienone is 1. The number of rotatable bonds is 1. The van der Waals surface area contributed by atoms with Crippen LogP contribution < -0.4 is 0 Å². The highest BCUT2D eigenvalue weighted by Crippen LogP contribution is 2.61. The summed E-state index contributed by atoms with van der Waals surface area (Å²) in [5.74, 6) is 1.26. The van der Waals surface area contributed by atoms with Crippen LogP contribution in [0.5, 0.6) is 0 Å². The van der Waals surface area contributed by atoms with E-state index in [1.54, 1.807) is 7.11 Å². The minimum Gasteiger partial charge on any atom is -0.355 e. The molecule has 2 fully saturated rings. The van der Waals surface area contributed by atoms with Crippen molar-refractivity contribution >= 4 is 0 Å². The van der Waals surface area contributed by atoms with Gasteiger partial charge < -0.3 is 9.47 Å². The van der Waals surface area contributed by atoms with Crippen LogP contribution in [0.25, 0.3) is 0 Å². The molecule has 1 saturated carbocycles. The zero-order chi connectivity index (χ0) is 13.0. The molecule has 4 atom stereocenters. The Morgan fingerprint density at radius 1 is 1.28 bits per heavy atom. The minimum absolute atomic E-state index is 0.0158. The summed E-state index contributed by atoms with van der Waals surface area (Å²) in [5, 5.41) is 0. The maximum atomic E-state index is 5.84. The zero-order valence-corrected chi connectivity index (χ0v) is 12.2. The molecule has 0 amide bonds. The van der Waals surface area contributed by atoms with Crippen LogP contribution in [0.3, 0.4) is 0 Å². The summed E-state index contributed by atoms with van der Waals surface area (Å²) in [7, 11) is 1.79. The Bertz CT molecular complexity index is 371. The second-order valence-corrected chi connectivity index (χ2v) is 7.31. The number of methoxy groups -OCH3 is 1. The Balaban J connectivity index is 2.01. The Morgan fingerprint density at radius 2 is 2.06 bits per heavy atom. The quantitative estimate of drug-likeness (QED) is 0.660. The van der Waals surface area contributed by atoms with Crippen LogP contribution in [-0.2, 0) is 9.47 Å². The molecule has 0 aromatic rings. The number of ether oxygens (including phenoxy) is 2. The first kappa shape index (κ1) is 12.7. The Morgan fingerprint density at radius 3 is 2.78 bits per heavy atom. The van der Waals surface area contributed by atoms with E-state index in [1.807, 2.05) is 0 Å². The number of hydrogen-bond donors (Lipinski definition) is 0. The number of hydrogen-bond acceptors (Lipinski definition) is 2. The molecule has 3 rings (SSSR count). The third-order valence-corrected chi connectivity index (χ3v) is 5.92. The van der Waals surface area contributed by atoms with Gasteiger partial charge in [0.05, 0.1) is 6.61 Å². The molecule has 18 heavy (non-hydrogen) atoms. The van der Waals surface area contributed by atoms with Crippen molar-refractivity contribution in [1.82, 2.24) is 0 Å². The molecule has 1 saturated heterocycles. The SMILES string of the molecule is COC1OCC2=CCC3C(C)(C)CCCC3(C)C21. The minimum atomic E-state index is -0.0158. The molecular weight excluding hydrogens is 224 g/mol. The van der Waals surface area contributed by atoms with E-state index in [0.717, 1.165) is 12.5 Å². The zero-order valence-electron chi connectivity index (χ0n) is 12.2. The van der Waals surface area contributed by atoms with Gasteiger partial charge >= 0.3 is 0 Å². The second-order valence-electron chi connectivity index (χ2n) is 7.31. The highest BCUT2D eigenvalue weighted by atomic mass is 16.7. The molecule has 3 aliphatic rings. The molecule has 0 aromatic carbocycles. The third-order valence-electron chi connectivity index (χ3n) is 5.92. The largest absolute Gasteiger partial charge is 0.355 e. The first-order valence-corrected chi connectivity index (χ1v) is 7.32. The molecule has 2 nitrogen and oxygen atoms in total. The fourth-order valence-electron chi connectivity index (χ4n) is 5.06. The van der Waals surface area contributed by atoms with Crippen molar-refractivity contribution in [3.8, 4) is 0 Å². The third kappa shape index (κ3) is 1.61. The molecule has 0 spiro atoms.